The van der Waals surface area contributed by atoms with Crippen LogP contribution in [0.25, 0.3) is 0 Å². The average molecular weight is 470 g/mol. The topological polar surface area (TPSA) is 88.2 Å². The third-order valence-corrected chi connectivity index (χ3v) is 6.87. The van der Waals surface area contributed by atoms with Gasteiger partial charge in [-0.3, -0.25) is 9.10 Å². The number of nitrogens with one attached hydrogen (secondary N) is 1. The number of anilines is 3. The number of para-hydroxylation sites is 1. The Balaban J connectivity index is 1.72. The van der Waals surface area contributed by atoms with E-state index >= 15 is 0 Å². The molecule has 0 unspecified atom stereocenters. The number of amides is 1. The molecule has 174 valence electrons. The van der Waals surface area contributed by atoms with E-state index in [2.05, 4.69) is 5.32 Å². The molecule has 0 bridgehead atoms. The Morgan fingerprint density at radius 2 is 1.55 bits per heavy atom. The average Bonchev–Trinajstić information content (AvgIpc) is 2.83. The zero-order chi connectivity index (χ0) is 24.0. The van der Waals surface area contributed by atoms with Crippen molar-refractivity contribution < 1.29 is 22.7 Å². The normalized spacial score (nSPS) is 10.9. The first kappa shape index (κ1) is 23.9. The Kier molecular flexibility index (Phi) is 7.44. The van der Waals surface area contributed by atoms with Crippen molar-refractivity contribution in [2.75, 3.05) is 49.4 Å². The molecule has 1 amide bonds. The van der Waals surface area contributed by atoms with Gasteiger partial charge in [0.05, 0.1) is 31.3 Å². The monoisotopic (exact) mass is 469 g/mol. The molecule has 3 rings (SSSR count). The summed E-state index contributed by atoms with van der Waals surface area (Å²) in [5.74, 6) is 0.860. The molecule has 1 N–H and O–H groups in total. The summed E-state index contributed by atoms with van der Waals surface area (Å²) in [7, 11) is 2.59. The minimum absolute atomic E-state index is 0.0520. The van der Waals surface area contributed by atoms with Crippen LogP contribution in [0.3, 0.4) is 0 Å². The number of sulfonamides is 1. The lowest BCUT2D eigenvalue weighted by Gasteiger charge is -2.21. The van der Waals surface area contributed by atoms with Crippen molar-refractivity contribution in [2.24, 2.45) is 0 Å². The van der Waals surface area contributed by atoms with Gasteiger partial charge in [-0.25, -0.2) is 8.42 Å². The maximum Gasteiger partial charge on any atom is 0.264 e. The highest BCUT2D eigenvalue weighted by Gasteiger charge is 2.22. The van der Waals surface area contributed by atoms with Gasteiger partial charge in [0.25, 0.3) is 10.0 Å². The van der Waals surface area contributed by atoms with Gasteiger partial charge in [-0.2, -0.15) is 0 Å². The van der Waals surface area contributed by atoms with Crippen LogP contribution in [0.2, 0.25) is 0 Å². The highest BCUT2D eigenvalue weighted by Crippen LogP contribution is 2.31. The van der Waals surface area contributed by atoms with Crippen LogP contribution in [0.1, 0.15) is 0 Å². The summed E-state index contributed by atoms with van der Waals surface area (Å²) in [6.45, 7) is 0.0520. The summed E-state index contributed by atoms with van der Waals surface area (Å²) < 4.78 is 37.8. The zero-order valence-corrected chi connectivity index (χ0v) is 19.8. The molecule has 0 fully saturated rings. The first-order chi connectivity index (χ1) is 15.8. The summed E-state index contributed by atoms with van der Waals surface area (Å²) in [5.41, 5.74) is 1.70. The number of likely N-dealkylation sites (N-methyl/N-ethyl adjacent to an activating group) is 1. The third kappa shape index (κ3) is 5.56. The van der Waals surface area contributed by atoms with Crippen LogP contribution in [-0.2, 0) is 14.8 Å². The predicted molar refractivity (Wildman–Crippen MR) is 130 cm³/mol. The number of rotatable bonds is 9. The van der Waals surface area contributed by atoms with Crippen molar-refractivity contribution in [3.8, 4) is 11.5 Å². The molecule has 3 aromatic rings. The summed E-state index contributed by atoms with van der Waals surface area (Å²) in [4.78, 5) is 14.5. The molecule has 0 saturated heterocycles. The van der Waals surface area contributed by atoms with Crippen LogP contribution in [-0.4, -0.2) is 49.2 Å². The van der Waals surface area contributed by atoms with Crippen LogP contribution < -0.4 is 24.0 Å². The second-order valence-electron chi connectivity index (χ2n) is 7.28. The van der Waals surface area contributed by atoms with E-state index in [0.717, 1.165) is 5.69 Å². The standard InChI is InChI=1S/C24H27N3O5S/c1-26(20-13-14-22(31-3)23(16-20)32-4)17-24(28)25-18-9-8-12-21(15-18)33(29,30)27(2)19-10-6-5-7-11-19/h5-16H,17H2,1-4H3,(H,25,28). The molecule has 9 heteroatoms. The minimum Gasteiger partial charge on any atom is -0.493 e. The van der Waals surface area contributed by atoms with Crippen molar-refractivity contribution in [2.45, 2.75) is 4.90 Å². The van der Waals surface area contributed by atoms with Gasteiger partial charge < -0.3 is 19.7 Å². The highest BCUT2D eigenvalue weighted by molar-refractivity contribution is 7.92. The first-order valence-corrected chi connectivity index (χ1v) is 11.6. The Labute approximate surface area is 194 Å². The number of nitrogens with zero attached hydrogens (tertiary/aromatic N) is 2. The maximum atomic E-state index is 13.0. The van der Waals surface area contributed by atoms with E-state index in [-0.39, 0.29) is 17.3 Å². The number of hydrogen-bond donors (Lipinski definition) is 1. The van der Waals surface area contributed by atoms with Gasteiger partial charge in [0.15, 0.2) is 11.5 Å². The summed E-state index contributed by atoms with van der Waals surface area (Å²) in [5, 5.41) is 2.77. The van der Waals surface area contributed by atoms with E-state index in [4.69, 9.17) is 9.47 Å². The van der Waals surface area contributed by atoms with Crippen molar-refractivity contribution in [3.05, 3.63) is 72.8 Å². The molecule has 0 spiro atoms. The summed E-state index contributed by atoms with van der Waals surface area (Å²) >= 11 is 0. The van der Waals surface area contributed by atoms with Gasteiger partial charge in [0.1, 0.15) is 0 Å². The number of carbonyl (C=O) groups is 1. The molecule has 3 aromatic carbocycles. The van der Waals surface area contributed by atoms with Crippen LogP contribution in [0, 0.1) is 0 Å². The molecule has 0 aliphatic carbocycles. The van der Waals surface area contributed by atoms with Crippen molar-refractivity contribution in [1.29, 1.82) is 0 Å². The smallest absolute Gasteiger partial charge is 0.264 e. The van der Waals surface area contributed by atoms with E-state index in [9.17, 15) is 13.2 Å². The molecule has 0 saturated carbocycles. The Morgan fingerprint density at radius 3 is 2.21 bits per heavy atom. The molecule has 0 atom stereocenters. The fourth-order valence-corrected chi connectivity index (χ4v) is 4.48. The van der Waals surface area contributed by atoms with Crippen molar-refractivity contribution in [3.63, 3.8) is 0 Å². The Morgan fingerprint density at radius 1 is 0.848 bits per heavy atom. The lowest BCUT2D eigenvalue weighted by atomic mass is 10.2. The molecule has 0 aliphatic heterocycles. The fourth-order valence-electron chi connectivity index (χ4n) is 3.24. The maximum absolute atomic E-state index is 13.0. The zero-order valence-electron chi connectivity index (χ0n) is 19.0. The van der Waals surface area contributed by atoms with Gasteiger partial charge in [-0.1, -0.05) is 24.3 Å². The molecule has 0 aromatic heterocycles. The van der Waals surface area contributed by atoms with Gasteiger partial charge in [0.2, 0.25) is 5.91 Å². The molecular weight excluding hydrogens is 442 g/mol. The number of benzene rings is 3. The van der Waals surface area contributed by atoms with Gasteiger partial charge in [-0.15, -0.1) is 0 Å². The molecule has 33 heavy (non-hydrogen) atoms. The quantitative estimate of drug-likeness (QED) is 0.515. The molecule has 0 aliphatic rings. The number of carbonyl (C=O) groups excluding carboxylic acids is 1. The Hall–Kier alpha value is -3.72. The van der Waals surface area contributed by atoms with Crippen LogP contribution >= 0.6 is 0 Å². The van der Waals surface area contributed by atoms with Crippen LogP contribution in [0.5, 0.6) is 11.5 Å². The largest absolute Gasteiger partial charge is 0.493 e. The number of methoxy groups -OCH3 is 2. The highest BCUT2D eigenvalue weighted by atomic mass is 32.2. The summed E-state index contributed by atoms with van der Waals surface area (Å²) in [6, 6.07) is 20.3. The molecule has 8 nitrogen and oxygen atoms in total. The SMILES string of the molecule is COc1ccc(N(C)CC(=O)Nc2cccc(S(=O)(=O)N(C)c3ccccc3)c2)cc1OC. The van der Waals surface area contributed by atoms with Crippen LogP contribution in [0.4, 0.5) is 17.1 Å². The lowest BCUT2D eigenvalue weighted by molar-refractivity contribution is -0.114. The fraction of sp³-hybridized carbons (Fsp3) is 0.208. The minimum atomic E-state index is -3.78. The van der Waals surface area contributed by atoms with E-state index in [1.165, 1.54) is 23.5 Å². The number of hydrogen-bond acceptors (Lipinski definition) is 6. The third-order valence-electron chi connectivity index (χ3n) is 5.08. The van der Waals surface area contributed by atoms with Gasteiger partial charge >= 0.3 is 0 Å². The first-order valence-electron chi connectivity index (χ1n) is 10.1. The summed E-state index contributed by atoms with van der Waals surface area (Å²) in [6.07, 6.45) is 0. The second-order valence-corrected chi connectivity index (χ2v) is 9.25. The van der Waals surface area contributed by atoms with Gasteiger partial charge in [0, 0.05) is 31.5 Å². The Bertz CT molecular complexity index is 1220. The molecule has 0 heterocycles. The molecule has 0 radical (unpaired) electrons. The van der Waals surface area contributed by atoms with E-state index in [0.29, 0.717) is 22.9 Å². The predicted octanol–water partition coefficient (Wildman–Crippen LogP) is 3.60. The van der Waals surface area contributed by atoms with Crippen LogP contribution in [0.15, 0.2) is 77.7 Å². The molecular formula is C24H27N3O5S. The lowest BCUT2D eigenvalue weighted by Crippen LogP contribution is -2.30. The van der Waals surface area contributed by atoms with Gasteiger partial charge in [-0.05, 0) is 42.5 Å². The van der Waals surface area contributed by atoms with E-state index < -0.39 is 10.0 Å². The van der Waals surface area contributed by atoms with Crippen molar-refractivity contribution in [1.82, 2.24) is 0 Å². The van der Waals surface area contributed by atoms with E-state index in [1.807, 2.05) is 12.1 Å². The number of ether oxygens (including phenoxy) is 2. The second kappa shape index (κ2) is 10.3. The van der Waals surface area contributed by atoms with E-state index in [1.54, 1.807) is 74.7 Å². The van der Waals surface area contributed by atoms with Crippen molar-refractivity contribution >= 4 is 33.0 Å².